The van der Waals surface area contributed by atoms with Gasteiger partial charge in [0.15, 0.2) is 0 Å². The van der Waals surface area contributed by atoms with Crippen molar-refractivity contribution in [1.82, 2.24) is 5.32 Å². The van der Waals surface area contributed by atoms with Crippen LogP contribution >= 0.6 is 0 Å². The Bertz CT molecular complexity index is 204. The minimum Gasteiger partial charge on any atom is -0.480 e. The second-order valence-electron chi connectivity index (χ2n) is 2.92. The zero-order valence-corrected chi connectivity index (χ0v) is 8.06. The van der Waals surface area contributed by atoms with E-state index in [9.17, 15) is 9.59 Å². The van der Waals surface area contributed by atoms with Gasteiger partial charge < -0.3 is 21.3 Å². The van der Waals surface area contributed by atoms with E-state index in [0.29, 0.717) is 6.42 Å². The molecule has 0 bridgehead atoms. The lowest BCUT2D eigenvalue weighted by Crippen LogP contribution is -2.47. The van der Waals surface area contributed by atoms with Crippen molar-refractivity contribution in [3.05, 3.63) is 0 Å². The van der Waals surface area contributed by atoms with E-state index in [-0.39, 0.29) is 6.54 Å². The second kappa shape index (κ2) is 6.33. The summed E-state index contributed by atoms with van der Waals surface area (Å²) in [5.74, 6) is -2.09. The molecule has 0 aliphatic rings. The van der Waals surface area contributed by atoms with Crippen molar-refractivity contribution in [2.75, 3.05) is 13.2 Å². The second-order valence-corrected chi connectivity index (χ2v) is 2.92. The number of hydrogen-bond donors (Lipinski definition) is 4. The first kappa shape index (κ1) is 12.9. The predicted octanol–water partition coefficient (Wildman–Crippen LogP) is -1.47. The summed E-state index contributed by atoms with van der Waals surface area (Å²) in [6, 6.07) is -1.25. The number of carboxylic acid groups (broad SMARTS) is 1. The molecule has 1 amide bonds. The molecule has 2 atom stereocenters. The molecule has 0 aliphatic heterocycles. The highest BCUT2D eigenvalue weighted by Gasteiger charge is 2.22. The Kier molecular flexibility index (Phi) is 5.82. The number of nitrogens with two attached hydrogens (primary N) is 1. The SMILES string of the molecule is CCC(CN)C(=O)N[C@@H](CO)C(=O)O. The third-order valence-electron chi connectivity index (χ3n) is 1.95. The summed E-state index contributed by atoms with van der Waals surface area (Å²) in [6.45, 7) is 1.33. The van der Waals surface area contributed by atoms with Crippen LogP contribution in [-0.2, 0) is 9.59 Å². The van der Waals surface area contributed by atoms with E-state index in [4.69, 9.17) is 15.9 Å². The summed E-state index contributed by atoms with van der Waals surface area (Å²) in [5, 5.41) is 19.4. The molecule has 0 heterocycles. The number of amides is 1. The molecule has 0 saturated heterocycles. The molecule has 0 spiro atoms. The zero-order valence-electron chi connectivity index (χ0n) is 8.06. The minimum absolute atomic E-state index is 0.167. The molecule has 0 aromatic heterocycles. The highest BCUT2D eigenvalue weighted by atomic mass is 16.4. The molecule has 6 nitrogen and oxygen atoms in total. The van der Waals surface area contributed by atoms with Gasteiger partial charge in [0.2, 0.25) is 5.91 Å². The molecule has 0 radical (unpaired) electrons. The Hall–Kier alpha value is -1.14. The van der Waals surface area contributed by atoms with Crippen LogP contribution in [0.3, 0.4) is 0 Å². The number of carbonyl (C=O) groups is 2. The third kappa shape index (κ3) is 3.71. The Labute approximate surface area is 82.1 Å². The van der Waals surface area contributed by atoms with Crippen LogP contribution in [0.25, 0.3) is 0 Å². The maximum absolute atomic E-state index is 11.3. The lowest BCUT2D eigenvalue weighted by Gasteiger charge is -2.16. The zero-order chi connectivity index (χ0) is 11.1. The van der Waals surface area contributed by atoms with E-state index in [1.165, 1.54) is 0 Å². The van der Waals surface area contributed by atoms with E-state index in [1.807, 2.05) is 0 Å². The van der Waals surface area contributed by atoms with Crippen LogP contribution < -0.4 is 11.1 Å². The summed E-state index contributed by atoms with van der Waals surface area (Å²) in [4.78, 5) is 21.8. The molecule has 0 rings (SSSR count). The summed E-state index contributed by atoms with van der Waals surface area (Å²) in [6.07, 6.45) is 0.542. The van der Waals surface area contributed by atoms with Crippen molar-refractivity contribution in [2.45, 2.75) is 19.4 Å². The van der Waals surface area contributed by atoms with Gasteiger partial charge in [-0.05, 0) is 6.42 Å². The average Bonchev–Trinajstić information content (AvgIpc) is 2.15. The van der Waals surface area contributed by atoms with Crippen molar-refractivity contribution in [3.8, 4) is 0 Å². The number of aliphatic carboxylic acids is 1. The Morgan fingerprint density at radius 3 is 2.36 bits per heavy atom. The smallest absolute Gasteiger partial charge is 0.328 e. The highest BCUT2D eigenvalue weighted by molar-refractivity contribution is 5.85. The molecule has 0 fully saturated rings. The van der Waals surface area contributed by atoms with Crippen molar-refractivity contribution in [2.24, 2.45) is 11.7 Å². The van der Waals surface area contributed by atoms with Crippen LogP contribution in [0.4, 0.5) is 0 Å². The Morgan fingerprint density at radius 2 is 2.07 bits per heavy atom. The van der Waals surface area contributed by atoms with Gasteiger partial charge in [-0.2, -0.15) is 0 Å². The van der Waals surface area contributed by atoms with Gasteiger partial charge in [0, 0.05) is 12.5 Å². The lowest BCUT2D eigenvalue weighted by molar-refractivity contribution is -0.143. The Balaban J connectivity index is 4.20. The van der Waals surface area contributed by atoms with Gasteiger partial charge in [-0.25, -0.2) is 4.79 Å². The minimum atomic E-state index is -1.26. The lowest BCUT2D eigenvalue weighted by atomic mass is 10.1. The number of aliphatic hydroxyl groups excluding tert-OH is 1. The molecule has 0 aromatic rings. The van der Waals surface area contributed by atoms with Crippen LogP contribution in [-0.4, -0.2) is 41.3 Å². The van der Waals surface area contributed by atoms with Crippen LogP contribution in [0.1, 0.15) is 13.3 Å². The predicted molar refractivity (Wildman–Crippen MR) is 49.5 cm³/mol. The van der Waals surface area contributed by atoms with E-state index in [1.54, 1.807) is 6.92 Å². The van der Waals surface area contributed by atoms with Crippen LogP contribution in [0.5, 0.6) is 0 Å². The van der Waals surface area contributed by atoms with E-state index in [0.717, 1.165) is 0 Å². The number of rotatable bonds is 6. The fourth-order valence-corrected chi connectivity index (χ4v) is 0.934. The monoisotopic (exact) mass is 204 g/mol. The van der Waals surface area contributed by atoms with Crippen LogP contribution in [0.15, 0.2) is 0 Å². The Morgan fingerprint density at radius 1 is 1.50 bits per heavy atom. The summed E-state index contributed by atoms with van der Waals surface area (Å²) < 4.78 is 0. The van der Waals surface area contributed by atoms with Crippen LogP contribution in [0, 0.1) is 5.92 Å². The molecule has 14 heavy (non-hydrogen) atoms. The number of hydrogen-bond acceptors (Lipinski definition) is 4. The number of carbonyl (C=O) groups excluding carboxylic acids is 1. The summed E-state index contributed by atoms with van der Waals surface area (Å²) in [5.41, 5.74) is 5.31. The molecule has 0 aliphatic carbocycles. The van der Waals surface area contributed by atoms with Gasteiger partial charge in [-0.15, -0.1) is 0 Å². The van der Waals surface area contributed by atoms with Gasteiger partial charge >= 0.3 is 5.97 Å². The van der Waals surface area contributed by atoms with Crippen LogP contribution in [0.2, 0.25) is 0 Å². The molecule has 6 heteroatoms. The molecular formula is C8H16N2O4. The largest absolute Gasteiger partial charge is 0.480 e. The van der Waals surface area contributed by atoms with Crippen molar-refractivity contribution in [1.29, 1.82) is 0 Å². The van der Waals surface area contributed by atoms with E-state index >= 15 is 0 Å². The van der Waals surface area contributed by atoms with Gasteiger partial charge in [-0.3, -0.25) is 4.79 Å². The molecule has 1 unspecified atom stereocenters. The number of aliphatic hydroxyl groups is 1. The normalized spacial score (nSPS) is 14.5. The first-order valence-electron chi connectivity index (χ1n) is 4.40. The van der Waals surface area contributed by atoms with Gasteiger partial charge in [0.05, 0.1) is 6.61 Å². The molecule has 82 valence electrons. The third-order valence-corrected chi connectivity index (χ3v) is 1.95. The quantitative estimate of drug-likeness (QED) is 0.422. The summed E-state index contributed by atoms with van der Waals surface area (Å²) >= 11 is 0. The topological polar surface area (TPSA) is 113 Å². The molecule has 5 N–H and O–H groups in total. The first-order chi connectivity index (χ1) is 6.56. The van der Waals surface area contributed by atoms with Gasteiger partial charge in [0.1, 0.15) is 6.04 Å². The van der Waals surface area contributed by atoms with E-state index < -0.39 is 30.4 Å². The average molecular weight is 204 g/mol. The highest BCUT2D eigenvalue weighted by Crippen LogP contribution is 2.00. The number of nitrogens with one attached hydrogen (secondary N) is 1. The fraction of sp³-hybridized carbons (Fsp3) is 0.750. The fourth-order valence-electron chi connectivity index (χ4n) is 0.934. The van der Waals surface area contributed by atoms with Crippen molar-refractivity contribution < 1.29 is 19.8 Å². The maximum atomic E-state index is 11.3. The molecule has 0 aromatic carbocycles. The standard InChI is InChI=1S/C8H16N2O4/c1-2-5(3-9)7(12)10-6(4-11)8(13)14/h5-6,11H,2-4,9H2,1H3,(H,10,12)(H,13,14)/t5?,6-/m0/s1. The van der Waals surface area contributed by atoms with Crippen molar-refractivity contribution in [3.63, 3.8) is 0 Å². The molecule has 0 saturated carbocycles. The number of carboxylic acids is 1. The van der Waals surface area contributed by atoms with Gasteiger partial charge in [-0.1, -0.05) is 6.92 Å². The maximum Gasteiger partial charge on any atom is 0.328 e. The van der Waals surface area contributed by atoms with Crippen molar-refractivity contribution >= 4 is 11.9 Å². The van der Waals surface area contributed by atoms with Gasteiger partial charge in [0.25, 0.3) is 0 Å². The van der Waals surface area contributed by atoms with E-state index in [2.05, 4.69) is 5.32 Å². The first-order valence-corrected chi connectivity index (χ1v) is 4.40. The molecular weight excluding hydrogens is 188 g/mol. The summed E-state index contributed by atoms with van der Waals surface area (Å²) in [7, 11) is 0.